The SMILES string of the molecule is [B]C([B])(c1c[nH]c2ccc(SC)cc12)C([B])([B])N(C)C. The molecule has 1 aromatic carbocycles. The van der Waals surface area contributed by atoms with E-state index in [1.54, 1.807) is 37.0 Å². The van der Waals surface area contributed by atoms with Gasteiger partial charge in [0.05, 0.1) is 31.4 Å². The molecule has 0 saturated heterocycles. The second kappa shape index (κ2) is 5.27. The predicted molar refractivity (Wildman–Crippen MR) is 91.2 cm³/mol. The topological polar surface area (TPSA) is 19.0 Å². The fourth-order valence-electron chi connectivity index (χ4n) is 2.15. The summed E-state index contributed by atoms with van der Waals surface area (Å²) in [6.45, 7) is 0. The van der Waals surface area contributed by atoms with Crippen molar-refractivity contribution >= 4 is 54.0 Å². The third kappa shape index (κ3) is 2.35. The summed E-state index contributed by atoms with van der Waals surface area (Å²) >= 11 is 1.65. The summed E-state index contributed by atoms with van der Waals surface area (Å²) in [5.74, 6) is 0. The van der Waals surface area contributed by atoms with Gasteiger partial charge >= 0.3 is 0 Å². The number of rotatable bonds is 4. The second-order valence-electron chi connectivity index (χ2n) is 5.20. The Morgan fingerprint density at radius 2 is 1.80 bits per heavy atom. The van der Waals surface area contributed by atoms with Crippen LogP contribution in [0.15, 0.2) is 29.3 Å². The van der Waals surface area contributed by atoms with E-state index in [1.807, 2.05) is 24.5 Å². The van der Waals surface area contributed by atoms with Crippen molar-refractivity contribution in [1.82, 2.24) is 9.88 Å². The highest BCUT2D eigenvalue weighted by Gasteiger charge is 2.39. The molecule has 0 aliphatic rings. The van der Waals surface area contributed by atoms with E-state index in [1.165, 1.54) is 0 Å². The zero-order chi connectivity index (χ0) is 15.1. The summed E-state index contributed by atoms with van der Waals surface area (Å²) in [5.41, 5.74) is 1.65. The molecule has 0 bridgehead atoms. The second-order valence-corrected chi connectivity index (χ2v) is 6.08. The monoisotopic (exact) mass is 274 g/mol. The minimum absolute atomic E-state index is 0.696. The van der Waals surface area contributed by atoms with Crippen LogP contribution in [0.1, 0.15) is 5.56 Å². The van der Waals surface area contributed by atoms with E-state index in [2.05, 4.69) is 4.98 Å². The van der Waals surface area contributed by atoms with E-state index in [-0.39, 0.29) is 0 Å². The number of hydrogen-bond donors (Lipinski definition) is 1. The van der Waals surface area contributed by atoms with Gasteiger partial charge in [-0.2, -0.15) is 0 Å². The number of aromatic nitrogens is 1. The van der Waals surface area contributed by atoms with Gasteiger partial charge in [0.15, 0.2) is 0 Å². The summed E-state index contributed by atoms with van der Waals surface area (Å²) in [7, 11) is 28.3. The maximum atomic E-state index is 6.28. The fourth-order valence-corrected chi connectivity index (χ4v) is 2.59. The maximum Gasteiger partial charge on any atom is 0.0815 e. The molecule has 94 valence electrons. The lowest BCUT2D eigenvalue weighted by molar-refractivity contribution is 0.310. The first-order chi connectivity index (χ1) is 9.21. The number of H-pyrrole nitrogens is 1. The molecule has 0 fully saturated rings. The number of thioether (sulfide) groups is 1. The molecule has 0 aliphatic carbocycles. The molecule has 1 aromatic heterocycles. The van der Waals surface area contributed by atoms with Gasteiger partial charge in [0, 0.05) is 22.0 Å². The smallest absolute Gasteiger partial charge is 0.0815 e. The van der Waals surface area contributed by atoms with Crippen LogP contribution in [0.4, 0.5) is 0 Å². The molecule has 0 unspecified atom stereocenters. The molecule has 0 atom stereocenters. The molecule has 0 saturated carbocycles. The molecule has 20 heavy (non-hydrogen) atoms. The van der Waals surface area contributed by atoms with Gasteiger partial charge < -0.3 is 9.88 Å². The molecule has 2 aromatic rings. The van der Waals surface area contributed by atoms with Gasteiger partial charge in [0.2, 0.25) is 0 Å². The van der Waals surface area contributed by atoms with E-state index in [9.17, 15) is 0 Å². The van der Waals surface area contributed by atoms with Gasteiger partial charge in [-0.15, -0.1) is 11.8 Å². The van der Waals surface area contributed by atoms with Crippen LogP contribution in [0.2, 0.25) is 0 Å². The van der Waals surface area contributed by atoms with Gasteiger partial charge in [0.1, 0.15) is 0 Å². The van der Waals surface area contributed by atoms with E-state index >= 15 is 0 Å². The maximum absolute atomic E-state index is 6.28. The number of fused-ring (bicyclic) bond motifs is 1. The van der Waals surface area contributed by atoms with Crippen molar-refractivity contribution in [3.63, 3.8) is 0 Å². The molecule has 0 amide bonds. The average molecular weight is 274 g/mol. The highest BCUT2D eigenvalue weighted by Crippen LogP contribution is 2.35. The Hall–Kier alpha value is -0.670. The van der Waals surface area contributed by atoms with Crippen molar-refractivity contribution < 1.29 is 0 Å². The molecule has 0 spiro atoms. The van der Waals surface area contributed by atoms with Gasteiger partial charge in [0.25, 0.3) is 0 Å². The molecule has 1 N–H and O–H groups in total. The number of nitrogens with zero attached hydrogens (tertiary/aromatic N) is 1. The van der Waals surface area contributed by atoms with Crippen LogP contribution in [-0.4, -0.2) is 67.0 Å². The summed E-state index contributed by atoms with van der Waals surface area (Å²) in [5, 5.41) is -1.84. The van der Waals surface area contributed by atoms with Gasteiger partial charge in [-0.25, -0.2) is 0 Å². The number of hydrogen-bond acceptors (Lipinski definition) is 2. The van der Waals surface area contributed by atoms with Crippen LogP contribution in [-0.2, 0) is 5.21 Å². The van der Waals surface area contributed by atoms with Crippen molar-refractivity contribution in [3.05, 3.63) is 30.0 Å². The molecule has 1 heterocycles. The quantitative estimate of drug-likeness (QED) is 0.660. The Morgan fingerprint density at radius 3 is 2.35 bits per heavy atom. The van der Waals surface area contributed by atoms with E-state index in [0.29, 0.717) is 5.56 Å². The number of likely N-dealkylation sites (N-methyl/N-ethyl adjacent to an activating group) is 1. The fraction of sp³-hybridized carbons (Fsp3) is 0.385. The number of aromatic amines is 1. The average Bonchev–Trinajstić information content (AvgIpc) is 2.81. The van der Waals surface area contributed by atoms with Crippen LogP contribution in [0.3, 0.4) is 0 Å². The first-order valence-electron chi connectivity index (χ1n) is 6.20. The standard InChI is InChI=1S/C13H14B4N2S/c1-19(2)13(16,17)12(14,15)10-7-18-11-5-4-8(20-3)6-9(10)11/h4-7,18H,1-3H3. The summed E-state index contributed by atoms with van der Waals surface area (Å²) in [6, 6.07) is 6.06. The van der Waals surface area contributed by atoms with Crippen LogP contribution >= 0.6 is 11.8 Å². The zero-order valence-electron chi connectivity index (χ0n) is 12.0. The number of benzene rings is 1. The Morgan fingerprint density at radius 1 is 1.15 bits per heavy atom. The van der Waals surface area contributed by atoms with E-state index in [0.717, 1.165) is 15.8 Å². The van der Waals surface area contributed by atoms with E-state index < -0.39 is 10.6 Å². The lowest BCUT2D eigenvalue weighted by Gasteiger charge is -2.49. The van der Waals surface area contributed by atoms with Gasteiger partial charge in [-0.1, -0.05) is 10.6 Å². The summed E-state index contributed by atoms with van der Waals surface area (Å²) in [4.78, 5) is 5.90. The van der Waals surface area contributed by atoms with Crippen molar-refractivity contribution in [1.29, 1.82) is 0 Å². The van der Waals surface area contributed by atoms with Crippen LogP contribution in [0.25, 0.3) is 10.9 Å². The van der Waals surface area contributed by atoms with Crippen molar-refractivity contribution in [2.75, 3.05) is 20.4 Å². The van der Waals surface area contributed by atoms with Crippen molar-refractivity contribution in [3.8, 4) is 0 Å². The molecular weight excluding hydrogens is 259 g/mol. The summed E-state index contributed by atoms with van der Waals surface area (Å²) in [6.07, 6.45) is 3.79. The molecule has 8 radical (unpaired) electrons. The zero-order valence-corrected chi connectivity index (χ0v) is 12.8. The van der Waals surface area contributed by atoms with Gasteiger partial charge in [-0.3, -0.25) is 0 Å². The minimum Gasteiger partial charge on any atom is -0.361 e. The molecular formula is C13H14B4N2S. The van der Waals surface area contributed by atoms with Crippen molar-refractivity contribution in [2.24, 2.45) is 0 Å². The van der Waals surface area contributed by atoms with Crippen LogP contribution in [0, 0.1) is 0 Å². The van der Waals surface area contributed by atoms with E-state index in [4.69, 9.17) is 31.4 Å². The molecule has 7 heteroatoms. The third-order valence-corrected chi connectivity index (χ3v) is 4.46. The Balaban J connectivity index is 2.62. The third-order valence-electron chi connectivity index (χ3n) is 3.74. The highest BCUT2D eigenvalue weighted by atomic mass is 32.2. The summed E-state index contributed by atoms with van der Waals surface area (Å²) < 4.78 is 0. The van der Waals surface area contributed by atoms with Crippen LogP contribution < -0.4 is 0 Å². The Kier molecular flexibility index (Phi) is 4.14. The normalized spacial score (nSPS) is 13.2. The van der Waals surface area contributed by atoms with Crippen molar-refractivity contribution in [2.45, 2.75) is 15.4 Å². The van der Waals surface area contributed by atoms with Crippen LogP contribution in [0.5, 0.6) is 0 Å². The molecule has 2 rings (SSSR count). The predicted octanol–water partition coefficient (Wildman–Crippen LogP) is 0.932. The first-order valence-corrected chi connectivity index (χ1v) is 7.43. The highest BCUT2D eigenvalue weighted by molar-refractivity contribution is 7.98. The first kappa shape index (κ1) is 15.7. The largest absolute Gasteiger partial charge is 0.361 e. The van der Waals surface area contributed by atoms with Gasteiger partial charge in [-0.05, 0) is 44.1 Å². The Bertz CT molecular complexity index is 622. The number of nitrogens with one attached hydrogen (secondary N) is 1. The molecule has 0 aliphatic heterocycles. The lowest BCUT2D eigenvalue weighted by atomic mass is 9.31. The Labute approximate surface area is 130 Å². The minimum atomic E-state index is -1.40. The molecule has 2 nitrogen and oxygen atoms in total. The lowest BCUT2D eigenvalue weighted by Crippen LogP contribution is -2.62.